The molecule has 0 aliphatic carbocycles. The Morgan fingerprint density at radius 2 is 1.86 bits per heavy atom. The maximum Gasteiger partial charge on any atom is 0.425 e. The molecule has 1 atom stereocenters. The van der Waals surface area contributed by atoms with Gasteiger partial charge in [-0.3, -0.25) is 0 Å². The van der Waals surface area contributed by atoms with Gasteiger partial charge in [0.25, 0.3) is 0 Å². The summed E-state index contributed by atoms with van der Waals surface area (Å²) in [5, 5.41) is 19.8. The molecule has 0 amide bonds. The smallest absolute Gasteiger partial charge is 0.425 e. The van der Waals surface area contributed by atoms with Crippen LogP contribution in [0.25, 0.3) is 0 Å². The first kappa shape index (κ1) is 22.2. The molecule has 29 heavy (non-hydrogen) atoms. The highest BCUT2D eigenvalue weighted by molar-refractivity contribution is 5.66. The second-order valence-corrected chi connectivity index (χ2v) is 6.55. The van der Waals surface area contributed by atoms with Crippen LogP contribution in [0.15, 0.2) is 41.4 Å². The van der Waals surface area contributed by atoms with Crippen molar-refractivity contribution in [2.45, 2.75) is 25.6 Å². The topological polar surface area (TPSA) is 68.8 Å². The van der Waals surface area contributed by atoms with Gasteiger partial charge in [-0.2, -0.15) is 18.4 Å². The lowest BCUT2D eigenvalue weighted by molar-refractivity contribution is -0.248. The van der Waals surface area contributed by atoms with Crippen molar-refractivity contribution in [1.82, 2.24) is 4.90 Å². The van der Waals surface area contributed by atoms with Gasteiger partial charge in [-0.25, -0.2) is 4.99 Å². The first-order valence-corrected chi connectivity index (χ1v) is 8.81. The Bertz CT molecular complexity index is 934. The number of hydrogen-bond donors (Lipinski definition) is 1. The number of aliphatic imine (C=N–C) groups is 1. The van der Waals surface area contributed by atoms with E-state index < -0.39 is 22.9 Å². The number of alkyl halides is 3. The zero-order chi connectivity index (χ0) is 21.8. The number of ether oxygens (including phenoxy) is 1. The number of halogens is 3. The summed E-state index contributed by atoms with van der Waals surface area (Å²) in [6, 6.07) is 9.06. The van der Waals surface area contributed by atoms with Crippen LogP contribution >= 0.6 is 0 Å². The van der Waals surface area contributed by atoms with Crippen molar-refractivity contribution in [3.05, 3.63) is 58.7 Å². The van der Waals surface area contributed by atoms with Crippen molar-refractivity contribution in [3.63, 3.8) is 0 Å². The summed E-state index contributed by atoms with van der Waals surface area (Å²) < 4.78 is 47.5. The molecule has 0 aromatic heterocycles. The lowest BCUT2D eigenvalue weighted by atomic mass is 9.83. The van der Waals surface area contributed by atoms with Crippen LogP contribution in [0.3, 0.4) is 0 Å². The minimum atomic E-state index is -5.03. The monoisotopic (exact) mass is 405 g/mol. The predicted octanol–water partition coefficient (Wildman–Crippen LogP) is 4.29. The Morgan fingerprint density at radius 1 is 1.24 bits per heavy atom. The number of hydrogen-bond acceptors (Lipinski definition) is 4. The minimum Gasteiger partial charge on any atom is -0.496 e. The molecular weight excluding hydrogens is 383 g/mol. The third-order valence-electron chi connectivity index (χ3n) is 4.64. The fourth-order valence-electron chi connectivity index (χ4n) is 2.77. The first-order chi connectivity index (χ1) is 13.6. The Hall–Kier alpha value is -3.05. The second kappa shape index (κ2) is 8.53. The summed E-state index contributed by atoms with van der Waals surface area (Å²) in [6.07, 6.45) is -3.47. The summed E-state index contributed by atoms with van der Waals surface area (Å²) in [7, 11) is 3.05. The van der Waals surface area contributed by atoms with Crippen molar-refractivity contribution in [2.24, 2.45) is 4.99 Å². The van der Waals surface area contributed by atoms with E-state index in [1.165, 1.54) is 31.4 Å². The van der Waals surface area contributed by atoms with Crippen LogP contribution in [0, 0.1) is 18.3 Å². The summed E-state index contributed by atoms with van der Waals surface area (Å²) in [4.78, 5) is 6.10. The van der Waals surface area contributed by atoms with E-state index in [9.17, 15) is 18.3 Å². The normalized spacial score (nSPS) is 13.8. The molecular formula is C21H22F3N3O2. The van der Waals surface area contributed by atoms with Gasteiger partial charge in [0.2, 0.25) is 5.60 Å². The van der Waals surface area contributed by atoms with Crippen LogP contribution in [0.4, 0.5) is 18.9 Å². The van der Waals surface area contributed by atoms with E-state index >= 15 is 0 Å². The van der Waals surface area contributed by atoms with Gasteiger partial charge < -0.3 is 14.7 Å². The Morgan fingerprint density at radius 3 is 2.34 bits per heavy atom. The maximum absolute atomic E-state index is 14.1. The molecule has 2 rings (SSSR count). The highest BCUT2D eigenvalue weighted by Crippen LogP contribution is 2.48. The minimum absolute atomic E-state index is 0.147. The van der Waals surface area contributed by atoms with Crippen LogP contribution < -0.4 is 4.74 Å². The molecule has 0 radical (unpaired) electrons. The molecule has 0 saturated heterocycles. The summed E-state index contributed by atoms with van der Waals surface area (Å²) >= 11 is 0. The number of aliphatic hydroxyl groups is 1. The molecule has 0 bridgehead atoms. The third kappa shape index (κ3) is 4.35. The fraction of sp³-hybridized carbons (Fsp3) is 0.333. The van der Waals surface area contributed by atoms with Gasteiger partial charge in [-0.05, 0) is 43.2 Å². The van der Waals surface area contributed by atoms with E-state index in [1.807, 2.05) is 24.9 Å². The van der Waals surface area contributed by atoms with E-state index in [1.54, 1.807) is 13.3 Å². The molecule has 154 valence electrons. The fourth-order valence-corrected chi connectivity index (χ4v) is 2.77. The quantitative estimate of drug-likeness (QED) is 0.575. The van der Waals surface area contributed by atoms with Gasteiger partial charge in [-0.1, -0.05) is 12.1 Å². The number of aryl methyl sites for hydroxylation is 1. The van der Waals surface area contributed by atoms with Crippen molar-refractivity contribution in [1.29, 1.82) is 5.26 Å². The lowest BCUT2D eigenvalue weighted by Crippen LogP contribution is -2.43. The average Bonchev–Trinajstić information content (AvgIpc) is 2.70. The van der Waals surface area contributed by atoms with Crippen molar-refractivity contribution in [3.8, 4) is 11.8 Å². The summed E-state index contributed by atoms with van der Waals surface area (Å²) in [5.41, 5.74) is -3.13. The highest BCUT2D eigenvalue weighted by Gasteiger charge is 2.57. The molecule has 1 N–H and O–H groups in total. The molecule has 5 nitrogen and oxygen atoms in total. The first-order valence-electron chi connectivity index (χ1n) is 8.81. The predicted molar refractivity (Wildman–Crippen MR) is 104 cm³/mol. The molecule has 0 aliphatic heterocycles. The molecule has 0 spiro atoms. The summed E-state index contributed by atoms with van der Waals surface area (Å²) in [6.45, 7) is 4.25. The largest absolute Gasteiger partial charge is 0.496 e. The zero-order valence-electron chi connectivity index (χ0n) is 16.6. The van der Waals surface area contributed by atoms with Crippen molar-refractivity contribution in [2.75, 3.05) is 20.7 Å². The third-order valence-corrected chi connectivity index (χ3v) is 4.64. The number of rotatable bonds is 6. The van der Waals surface area contributed by atoms with Crippen molar-refractivity contribution >= 4 is 12.0 Å². The van der Waals surface area contributed by atoms with Gasteiger partial charge in [0.1, 0.15) is 5.75 Å². The molecule has 0 saturated carbocycles. The standard InChI is InChI=1S/C21H22F3N3O2/c1-5-27(3)13-26-18-11-19(29-4)17(10-14(18)2)20(28,21(22,23)24)16-8-6-15(12-25)7-9-16/h6-11,13,28H,5H2,1-4H3. The zero-order valence-corrected chi connectivity index (χ0v) is 16.6. The van der Waals surface area contributed by atoms with Gasteiger partial charge in [-0.15, -0.1) is 0 Å². The van der Waals surface area contributed by atoms with Crippen LogP contribution in [-0.4, -0.2) is 43.2 Å². The van der Waals surface area contributed by atoms with Gasteiger partial charge in [0.05, 0.1) is 30.8 Å². The number of benzene rings is 2. The number of methoxy groups -OCH3 is 1. The average molecular weight is 405 g/mol. The molecule has 0 aliphatic rings. The Balaban J connectivity index is 2.69. The van der Waals surface area contributed by atoms with E-state index in [0.29, 0.717) is 17.8 Å². The van der Waals surface area contributed by atoms with Crippen LogP contribution in [-0.2, 0) is 5.60 Å². The van der Waals surface area contributed by atoms with E-state index in [0.717, 1.165) is 12.1 Å². The molecule has 8 heteroatoms. The molecule has 0 heterocycles. The molecule has 2 aromatic rings. The number of nitriles is 1. The summed E-state index contributed by atoms with van der Waals surface area (Å²) in [5.74, 6) is -0.147. The SMILES string of the molecule is CCN(C)C=Nc1cc(OC)c(C(O)(c2ccc(C#N)cc2)C(F)(F)F)cc1C. The van der Waals surface area contributed by atoms with Crippen LogP contribution in [0.2, 0.25) is 0 Å². The van der Waals surface area contributed by atoms with Crippen LogP contribution in [0.1, 0.15) is 29.2 Å². The van der Waals surface area contributed by atoms with Gasteiger partial charge in [0.15, 0.2) is 0 Å². The molecule has 1 unspecified atom stereocenters. The second-order valence-electron chi connectivity index (χ2n) is 6.55. The Labute approximate surface area is 167 Å². The van der Waals surface area contributed by atoms with E-state index in [-0.39, 0.29) is 11.3 Å². The number of nitrogens with zero attached hydrogens (tertiary/aromatic N) is 3. The lowest BCUT2D eigenvalue weighted by Gasteiger charge is -2.33. The van der Waals surface area contributed by atoms with Crippen LogP contribution in [0.5, 0.6) is 5.75 Å². The van der Waals surface area contributed by atoms with E-state index in [4.69, 9.17) is 10.00 Å². The van der Waals surface area contributed by atoms with Gasteiger partial charge >= 0.3 is 6.18 Å². The molecule has 0 fully saturated rings. The Kier molecular flexibility index (Phi) is 6.55. The maximum atomic E-state index is 14.1. The molecule has 2 aromatic carbocycles. The van der Waals surface area contributed by atoms with E-state index in [2.05, 4.69) is 4.99 Å². The highest BCUT2D eigenvalue weighted by atomic mass is 19.4. The van der Waals surface area contributed by atoms with Gasteiger partial charge in [0, 0.05) is 25.2 Å². The van der Waals surface area contributed by atoms with Crippen molar-refractivity contribution < 1.29 is 23.0 Å².